The molecule has 0 aromatic heterocycles. The van der Waals surface area contributed by atoms with Gasteiger partial charge in [-0.05, 0) is 30.7 Å². The largest absolute Gasteiger partial charge is 0.466 e. The average molecular weight is 273 g/mol. The Labute approximate surface area is 112 Å². The van der Waals surface area contributed by atoms with Crippen LogP contribution in [0.5, 0.6) is 0 Å². The molecule has 0 bridgehead atoms. The molecule has 0 N–H and O–H groups in total. The van der Waals surface area contributed by atoms with Gasteiger partial charge in [0.15, 0.2) is 0 Å². The monoisotopic (exact) mass is 272 g/mol. The van der Waals surface area contributed by atoms with Gasteiger partial charge < -0.3 is 4.74 Å². The highest BCUT2D eigenvalue weighted by molar-refractivity contribution is 8.00. The third kappa shape index (κ3) is 5.00. The van der Waals surface area contributed by atoms with Crippen LogP contribution in [0.25, 0.3) is 0 Å². The van der Waals surface area contributed by atoms with Crippen LogP contribution in [0.3, 0.4) is 0 Å². The summed E-state index contributed by atoms with van der Waals surface area (Å²) in [7, 11) is 0. The molecule has 0 unspecified atom stereocenters. The van der Waals surface area contributed by atoms with Crippen LogP contribution in [-0.2, 0) is 16.0 Å². The minimum atomic E-state index is -0.208. The van der Waals surface area contributed by atoms with Crippen molar-refractivity contribution in [3.05, 3.63) is 28.8 Å². The van der Waals surface area contributed by atoms with Crippen LogP contribution in [0.2, 0.25) is 5.02 Å². The molecular weight excluding hydrogens is 256 g/mol. The van der Waals surface area contributed by atoms with Gasteiger partial charge in [-0.25, -0.2) is 0 Å². The lowest BCUT2D eigenvalue weighted by Gasteiger charge is -2.11. The predicted octanol–water partition coefficient (Wildman–Crippen LogP) is 3.95. The van der Waals surface area contributed by atoms with Crippen molar-refractivity contribution < 1.29 is 9.53 Å². The summed E-state index contributed by atoms with van der Waals surface area (Å²) in [4.78, 5) is 12.6. The maximum Gasteiger partial charge on any atom is 0.310 e. The number of hydrogen-bond donors (Lipinski definition) is 0. The molecule has 2 nitrogen and oxygen atoms in total. The van der Waals surface area contributed by atoms with Crippen molar-refractivity contribution in [2.45, 2.75) is 37.3 Å². The van der Waals surface area contributed by atoms with E-state index in [-0.39, 0.29) is 12.4 Å². The van der Waals surface area contributed by atoms with Crippen molar-refractivity contribution in [3.8, 4) is 0 Å². The number of halogens is 1. The maximum absolute atomic E-state index is 11.5. The highest BCUT2D eigenvalue weighted by Crippen LogP contribution is 2.29. The summed E-state index contributed by atoms with van der Waals surface area (Å²) in [6.07, 6.45) is 0.281. The molecule has 0 radical (unpaired) electrons. The number of esters is 1. The summed E-state index contributed by atoms with van der Waals surface area (Å²) < 4.78 is 4.95. The Hall–Kier alpha value is -0.670. The van der Waals surface area contributed by atoms with Gasteiger partial charge in [0.05, 0.1) is 13.0 Å². The first-order chi connectivity index (χ1) is 8.02. The molecule has 0 spiro atoms. The number of carbonyl (C=O) groups is 1. The van der Waals surface area contributed by atoms with Gasteiger partial charge in [0.25, 0.3) is 0 Å². The van der Waals surface area contributed by atoms with E-state index in [9.17, 15) is 4.79 Å². The summed E-state index contributed by atoms with van der Waals surface area (Å²) in [5.41, 5.74) is 0.939. The van der Waals surface area contributed by atoms with Crippen LogP contribution >= 0.6 is 23.4 Å². The van der Waals surface area contributed by atoms with Gasteiger partial charge in [-0.2, -0.15) is 0 Å². The van der Waals surface area contributed by atoms with Gasteiger partial charge in [0, 0.05) is 15.2 Å². The summed E-state index contributed by atoms with van der Waals surface area (Å²) in [5, 5.41) is 1.12. The van der Waals surface area contributed by atoms with E-state index in [2.05, 4.69) is 13.8 Å². The number of rotatable bonds is 5. The normalized spacial score (nSPS) is 10.6. The van der Waals surface area contributed by atoms with Crippen LogP contribution in [0.15, 0.2) is 23.1 Å². The molecule has 94 valence electrons. The van der Waals surface area contributed by atoms with Crippen LogP contribution < -0.4 is 0 Å². The average Bonchev–Trinajstić information content (AvgIpc) is 2.22. The van der Waals surface area contributed by atoms with Crippen LogP contribution in [0.4, 0.5) is 0 Å². The SMILES string of the molecule is CCOC(=O)Cc1cc(Cl)ccc1SC(C)C. The topological polar surface area (TPSA) is 26.3 Å². The lowest BCUT2D eigenvalue weighted by atomic mass is 10.1. The van der Waals surface area contributed by atoms with Gasteiger partial charge in [0.1, 0.15) is 0 Å². The Kier molecular flexibility index (Phi) is 5.86. The molecule has 0 fully saturated rings. The second-order valence-corrected chi connectivity index (χ2v) is 5.96. The Balaban J connectivity index is 2.86. The zero-order valence-corrected chi connectivity index (χ0v) is 11.9. The van der Waals surface area contributed by atoms with E-state index >= 15 is 0 Å². The molecule has 17 heavy (non-hydrogen) atoms. The molecular formula is C13H17ClO2S. The van der Waals surface area contributed by atoms with Gasteiger partial charge in [-0.3, -0.25) is 4.79 Å². The van der Waals surface area contributed by atoms with Crippen molar-refractivity contribution in [3.63, 3.8) is 0 Å². The number of benzene rings is 1. The third-order valence-electron chi connectivity index (χ3n) is 2.03. The summed E-state index contributed by atoms with van der Waals surface area (Å²) in [6, 6.07) is 5.64. The first kappa shape index (κ1) is 14.4. The third-order valence-corrected chi connectivity index (χ3v) is 3.38. The van der Waals surface area contributed by atoms with Gasteiger partial charge in [-0.15, -0.1) is 11.8 Å². The minimum absolute atomic E-state index is 0.208. The fraction of sp³-hybridized carbons (Fsp3) is 0.462. The standard InChI is InChI=1S/C13H17ClO2S/c1-4-16-13(15)8-10-7-11(14)5-6-12(10)17-9(2)3/h5-7,9H,4,8H2,1-3H3. The predicted molar refractivity (Wildman–Crippen MR) is 72.8 cm³/mol. The Bertz CT molecular complexity index is 391. The molecule has 0 aliphatic rings. The van der Waals surface area contributed by atoms with Gasteiger partial charge in [-0.1, -0.05) is 25.4 Å². The minimum Gasteiger partial charge on any atom is -0.466 e. The molecule has 0 atom stereocenters. The first-order valence-corrected chi connectivity index (χ1v) is 6.89. The molecule has 0 amide bonds. The molecule has 0 aliphatic carbocycles. The van der Waals surface area contributed by atoms with E-state index in [0.717, 1.165) is 10.5 Å². The quantitative estimate of drug-likeness (QED) is 0.600. The fourth-order valence-electron chi connectivity index (χ4n) is 1.42. The number of thioether (sulfide) groups is 1. The first-order valence-electron chi connectivity index (χ1n) is 5.63. The zero-order chi connectivity index (χ0) is 12.8. The molecule has 0 aliphatic heterocycles. The Morgan fingerprint density at radius 2 is 2.18 bits per heavy atom. The number of ether oxygens (including phenoxy) is 1. The van der Waals surface area contributed by atoms with Crippen molar-refractivity contribution in [1.29, 1.82) is 0 Å². The molecule has 1 aromatic carbocycles. The molecule has 1 rings (SSSR count). The Morgan fingerprint density at radius 1 is 1.47 bits per heavy atom. The van der Waals surface area contributed by atoms with Gasteiger partial charge >= 0.3 is 5.97 Å². The van der Waals surface area contributed by atoms with E-state index in [1.807, 2.05) is 18.2 Å². The van der Waals surface area contributed by atoms with Crippen LogP contribution in [0, 0.1) is 0 Å². The molecule has 0 saturated carbocycles. The number of carbonyl (C=O) groups excluding carboxylic acids is 1. The molecule has 1 aromatic rings. The van der Waals surface area contributed by atoms with Crippen LogP contribution in [0.1, 0.15) is 26.3 Å². The van der Waals surface area contributed by atoms with Crippen molar-refractivity contribution >= 4 is 29.3 Å². The second-order valence-electron chi connectivity index (χ2n) is 3.90. The molecule has 4 heteroatoms. The highest BCUT2D eigenvalue weighted by atomic mass is 35.5. The summed E-state index contributed by atoms with van der Waals surface area (Å²) in [6.45, 7) is 6.45. The molecule has 0 heterocycles. The second kappa shape index (κ2) is 6.92. The van der Waals surface area contributed by atoms with Crippen LogP contribution in [-0.4, -0.2) is 17.8 Å². The van der Waals surface area contributed by atoms with Gasteiger partial charge in [0.2, 0.25) is 0 Å². The van der Waals surface area contributed by atoms with Crippen molar-refractivity contribution in [2.24, 2.45) is 0 Å². The zero-order valence-electron chi connectivity index (χ0n) is 10.3. The lowest BCUT2D eigenvalue weighted by molar-refractivity contribution is -0.142. The van der Waals surface area contributed by atoms with E-state index in [1.54, 1.807) is 18.7 Å². The number of hydrogen-bond acceptors (Lipinski definition) is 3. The van der Waals surface area contributed by atoms with Crippen molar-refractivity contribution in [1.82, 2.24) is 0 Å². The molecule has 0 saturated heterocycles. The fourth-order valence-corrected chi connectivity index (χ4v) is 2.55. The highest BCUT2D eigenvalue weighted by Gasteiger charge is 2.11. The smallest absolute Gasteiger partial charge is 0.310 e. The lowest BCUT2D eigenvalue weighted by Crippen LogP contribution is -2.08. The summed E-state index contributed by atoms with van der Waals surface area (Å²) in [5.74, 6) is -0.208. The van der Waals surface area contributed by atoms with E-state index < -0.39 is 0 Å². The van der Waals surface area contributed by atoms with E-state index in [0.29, 0.717) is 16.9 Å². The van der Waals surface area contributed by atoms with E-state index in [4.69, 9.17) is 16.3 Å². The van der Waals surface area contributed by atoms with Crippen molar-refractivity contribution in [2.75, 3.05) is 6.61 Å². The maximum atomic E-state index is 11.5. The Morgan fingerprint density at radius 3 is 2.76 bits per heavy atom. The van der Waals surface area contributed by atoms with E-state index in [1.165, 1.54) is 0 Å². The summed E-state index contributed by atoms with van der Waals surface area (Å²) >= 11 is 7.68.